The van der Waals surface area contributed by atoms with Crippen LogP contribution in [0.2, 0.25) is 0 Å². The van der Waals surface area contributed by atoms with Gasteiger partial charge < -0.3 is 5.11 Å². The van der Waals surface area contributed by atoms with Gasteiger partial charge in [0.2, 0.25) is 4.74 Å². The molecule has 19 heavy (non-hydrogen) atoms. The summed E-state index contributed by atoms with van der Waals surface area (Å²) in [6.07, 6.45) is 0.640. The number of aromatic nitrogens is 1. The third kappa shape index (κ3) is 1.82. The normalized spacial score (nSPS) is 15.8. The van der Waals surface area contributed by atoms with Crippen LogP contribution in [0.5, 0.6) is 0 Å². The number of nitrogens with zero attached hydrogens (tertiary/aromatic N) is 1. The standard InChI is InChI=1S/C13H11NO3S2/c1-5-6(2)18-11-9(5)13(17)19-12(14-11)10-7(15)3-4-8(10)16/h15H,3-4H2,1-2H3. The molecule has 1 aliphatic carbocycles. The number of thiophene rings is 1. The molecule has 0 radical (unpaired) electrons. The average Bonchev–Trinajstić information content (AvgIpc) is 2.81. The van der Waals surface area contributed by atoms with Gasteiger partial charge in [0.15, 0.2) is 5.78 Å². The molecule has 4 nitrogen and oxygen atoms in total. The zero-order valence-electron chi connectivity index (χ0n) is 10.4. The molecule has 3 rings (SSSR count). The van der Waals surface area contributed by atoms with Gasteiger partial charge in [0.05, 0.1) is 11.0 Å². The predicted octanol–water partition coefficient (Wildman–Crippen LogP) is 2.97. The molecule has 0 atom stereocenters. The number of rotatable bonds is 1. The summed E-state index contributed by atoms with van der Waals surface area (Å²) < 4.78 is -0.0955. The van der Waals surface area contributed by atoms with E-state index in [1.54, 1.807) is 0 Å². The highest BCUT2D eigenvalue weighted by atomic mass is 32.1. The molecule has 2 aromatic rings. The van der Waals surface area contributed by atoms with Crippen molar-refractivity contribution in [2.75, 3.05) is 0 Å². The molecule has 0 saturated heterocycles. The summed E-state index contributed by atoms with van der Waals surface area (Å²) in [6.45, 7) is 3.85. The summed E-state index contributed by atoms with van der Waals surface area (Å²) >= 11 is 2.39. The fourth-order valence-corrected chi connectivity index (χ4v) is 4.32. The van der Waals surface area contributed by atoms with Crippen molar-refractivity contribution in [3.8, 4) is 0 Å². The van der Waals surface area contributed by atoms with Crippen LogP contribution in [0.1, 0.15) is 28.3 Å². The first kappa shape index (κ1) is 12.5. The molecule has 2 aromatic heterocycles. The van der Waals surface area contributed by atoms with Crippen molar-refractivity contribution in [3.05, 3.63) is 30.7 Å². The molecule has 0 amide bonds. The molecule has 0 unspecified atom stereocenters. The van der Waals surface area contributed by atoms with Crippen LogP contribution in [-0.4, -0.2) is 15.9 Å². The number of carbonyl (C=O) groups is 1. The highest BCUT2D eigenvalue weighted by Gasteiger charge is 2.27. The van der Waals surface area contributed by atoms with Crippen molar-refractivity contribution in [2.24, 2.45) is 0 Å². The van der Waals surface area contributed by atoms with Crippen LogP contribution in [0.15, 0.2) is 10.6 Å². The first-order valence-corrected chi connectivity index (χ1v) is 7.49. The minimum absolute atomic E-state index is 0.0532. The minimum Gasteiger partial charge on any atom is -0.511 e. The van der Waals surface area contributed by atoms with Crippen molar-refractivity contribution in [1.29, 1.82) is 0 Å². The largest absolute Gasteiger partial charge is 0.511 e. The van der Waals surface area contributed by atoms with Gasteiger partial charge in [-0.25, -0.2) is 4.98 Å². The monoisotopic (exact) mass is 293 g/mol. The topological polar surface area (TPSA) is 67.3 Å². The smallest absolute Gasteiger partial charge is 0.244 e. The maximum Gasteiger partial charge on any atom is 0.244 e. The van der Waals surface area contributed by atoms with Crippen LogP contribution in [-0.2, 0) is 4.79 Å². The van der Waals surface area contributed by atoms with Gasteiger partial charge in [-0.1, -0.05) is 11.3 Å². The number of fused-ring (bicyclic) bond motifs is 1. The molecule has 6 heteroatoms. The number of aryl methyl sites for hydroxylation is 2. The summed E-state index contributed by atoms with van der Waals surface area (Å²) in [5.74, 6) is -0.0810. The Bertz CT molecular complexity index is 798. The van der Waals surface area contributed by atoms with Gasteiger partial charge in [-0.05, 0) is 19.4 Å². The lowest BCUT2D eigenvalue weighted by Gasteiger charge is -2.00. The van der Waals surface area contributed by atoms with Gasteiger partial charge in [0, 0.05) is 17.7 Å². The van der Waals surface area contributed by atoms with E-state index in [4.69, 9.17) is 0 Å². The fraction of sp³-hybridized carbons (Fsp3) is 0.308. The lowest BCUT2D eigenvalue weighted by Crippen LogP contribution is -2.03. The number of aliphatic hydroxyl groups excluding tert-OH is 1. The maximum atomic E-state index is 12.2. The zero-order valence-corrected chi connectivity index (χ0v) is 12.1. The zero-order chi connectivity index (χ0) is 13.7. The number of carbonyl (C=O) groups excluding carboxylic acids is 1. The molecule has 2 heterocycles. The van der Waals surface area contributed by atoms with Crippen LogP contribution in [0.4, 0.5) is 0 Å². The summed E-state index contributed by atoms with van der Waals surface area (Å²) in [4.78, 5) is 30.0. The van der Waals surface area contributed by atoms with E-state index in [1.165, 1.54) is 11.3 Å². The van der Waals surface area contributed by atoms with E-state index in [-0.39, 0.29) is 21.9 Å². The SMILES string of the molecule is Cc1sc2nc(C3=C(O)CCC3=O)sc(=O)c2c1C. The molecule has 0 saturated carbocycles. The Labute approximate surface area is 117 Å². The number of allylic oxidation sites excluding steroid dienone is 2. The van der Waals surface area contributed by atoms with Crippen molar-refractivity contribution >= 4 is 44.2 Å². The molecule has 0 bridgehead atoms. The fourth-order valence-electron chi connectivity index (χ4n) is 2.17. The Morgan fingerprint density at radius 1 is 1.16 bits per heavy atom. The van der Waals surface area contributed by atoms with E-state index in [2.05, 4.69) is 4.98 Å². The molecule has 98 valence electrons. The lowest BCUT2D eigenvalue weighted by atomic mass is 10.2. The Morgan fingerprint density at radius 3 is 2.53 bits per heavy atom. The molecule has 0 fully saturated rings. The van der Waals surface area contributed by atoms with Crippen molar-refractivity contribution in [3.63, 3.8) is 0 Å². The second kappa shape index (κ2) is 4.25. The van der Waals surface area contributed by atoms with E-state index in [0.717, 1.165) is 21.8 Å². The molecule has 1 aliphatic rings. The van der Waals surface area contributed by atoms with Gasteiger partial charge in [-0.3, -0.25) is 9.59 Å². The molecule has 0 aliphatic heterocycles. The predicted molar refractivity (Wildman–Crippen MR) is 77.0 cm³/mol. The molecule has 1 N–H and O–H groups in total. The Hall–Kier alpha value is -1.53. The van der Waals surface area contributed by atoms with Crippen molar-refractivity contribution in [1.82, 2.24) is 4.98 Å². The van der Waals surface area contributed by atoms with Gasteiger partial charge >= 0.3 is 0 Å². The van der Waals surface area contributed by atoms with E-state index in [0.29, 0.717) is 28.1 Å². The van der Waals surface area contributed by atoms with Gasteiger partial charge in [-0.15, -0.1) is 11.3 Å². The van der Waals surface area contributed by atoms with Crippen molar-refractivity contribution < 1.29 is 9.90 Å². The molecule has 0 aromatic carbocycles. The number of aliphatic hydroxyl groups is 1. The van der Waals surface area contributed by atoms with Crippen LogP contribution < -0.4 is 4.74 Å². The minimum atomic E-state index is -0.134. The van der Waals surface area contributed by atoms with Gasteiger partial charge in [0.1, 0.15) is 15.6 Å². The van der Waals surface area contributed by atoms with Gasteiger partial charge in [0.25, 0.3) is 0 Å². The van der Waals surface area contributed by atoms with E-state index in [1.807, 2.05) is 13.8 Å². The summed E-state index contributed by atoms with van der Waals surface area (Å²) in [5, 5.41) is 10.7. The summed E-state index contributed by atoms with van der Waals surface area (Å²) in [6, 6.07) is 0. The van der Waals surface area contributed by atoms with E-state index in [9.17, 15) is 14.7 Å². The second-order valence-corrected chi connectivity index (χ2v) is 6.68. The second-order valence-electron chi connectivity index (χ2n) is 4.51. The van der Waals surface area contributed by atoms with Crippen molar-refractivity contribution in [2.45, 2.75) is 26.7 Å². The quantitative estimate of drug-likeness (QED) is 0.877. The number of ketones is 1. The summed E-state index contributed by atoms with van der Waals surface area (Å²) in [5.41, 5.74) is 1.18. The molecular weight excluding hydrogens is 282 g/mol. The van der Waals surface area contributed by atoms with E-state index < -0.39 is 0 Å². The molecule has 0 spiro atoms. The Kier molecular flexibility index (Phi) is 2.79. The van der Waals surface area contributed by atoms with E-state index >= 15 is 0 Å². The first-order chi connectivity index (χ1) is 8.99. The highest BCUT2D eigenvalue weighted by molar-refractivity contribution is 7.19. The third-order valence-electron chi connectivity index (χ3n) is 3.33. The van der Waals surface area contributed by atoms with Crippen LogP contribution >= 0.6 is 22.7 Å². The maximum absolute atomic E-state index is 12.2. The van der Waals surface area contributed by atoms with Gasteiger partial charge in [-0.2, -0.15) is 0 Å². The number of hydrogen-bond acceptors (Lipinski definition) is 6. The van der Waals surface area contributed by atoms with Crippen LogP contribution in [0.25, 0.3) is 15.8 Å². The number of hydrogen-bond donors (Lipinski definition) is 1. The average molecular weight is 293 g/mol. The lowest BCUT2D eigenvalue weighted by molar-refractivity contribution is -0.113. The number of Topliss-reactive ketones (excluding diaryl/α,β-unsaturated/α-hetero) is 1. The Balaban J connectivity index is 2.31. The first-order valence-electron chi connectivity index (χ1n) is 5.85. The van der Waals surface area contributed by atoms with Crippen LogP contribution in [0, 0.1) is 13.8 Å². The summed E-state index contributed by atoms with van der Waals surface area (Å²) in [7, 11) is 0. The third-order valence-corrected chi connectivity index (χ3v) is 5.31. The highest BCUT2D eigenvalue weighted by Crippen LogP contribution is 2.33. The van der Waals surface area contributed by atoms with Crippen LogP contribution in [0.3, 0.4) is 0 Å². The Morgan fingerprint density at radius 2 is 1.89 bits per heavy atom. The molecular formula is C13H11NO3S2.